The predicted octanol–water partition coefficient (Wildman–Crippen LogP) is 1.43. The zero-order chi connectivity index (χ0) is 7.11. The molecule has 0 saturated carbocycles. The SMILES string of the molecule is O=S([O-])CCCCCBr. The highest BCUT2D eigenvalue weighted by Gasteiger charge is 1.86. The van der Waals surface area contributed by atoms with E-state index in [0.29, 0.717) is 5.75 Å². The van der Waals surface area contributed by atoms with Crippen LogP contribution in [0.25, 0.3) is 0 Å². The molecule has 1 unspecified atom stereocenters. The van der Waals surface area contributed by atoms with Crippen molar-refractivity contribution >= 4 is 27.0 Å². The summed E-state index contributed by atoms with van der Waals surface area (Å²) in [5.74, 6) is 0.312. The van der Waals surface area contributed by atoms with Crippen LogP contribution in [0.3, 0.4) is 0 Å². The molecule has 0 aromatic heterocycles. The fourth-order valence-electron chi connectivity index (χ4n) is 0.491. The Hall–Kier alpha value is 0.590. The number of hydrogen-bond donors (Lipinski definition) is 0. The summed E-state index contributed by atoms with van der Waals surface area (Å²) in [6.07, 6.45) is 2.86. The van der Waals surface area contributed by atoms with Crippen LogP contribution < -0.4 is 0 Å². The maximum Gasteiger partial charge on any atom is 0.0102 e. The first-order valence-electron chi connectivity index (χ1n) is 2.89. The first-order chi connectivity index (χ1) is 4.27. The van der Waals surface area contributed by atoms with Crippen molar-refractivity contribution in [1.82, 2.24) is 0 Å². The van der Waals surface area contributed by atoms with Crippen LogP contribution in [0.1, 0.15) is 19.3 Å². The quantitative estimate of drug-likeness (QED) is 0.394. The fourth-order valence-corrected chi connectivity index (χ4v) is 1.33. The normalized spacial score (nSPS) is 13.6. The molecule has 0 aliphatic rings. The minimum Gasteiger partial charge on any atom is -0.772 e. The standard InChI is InChI=1S/C5H11BrO2S/c6-4-2-1-3-5-9(7)8/h1-5H2,(H,7,8)/p-1. The van der Waals surface area contributed by atoms with Crippen LogP contribution in [-0.4, -0.2) is 19.8 Å². The lowest BCUT2D eigenvalue weighted by atomic mass is 10.3. The molecule has 1 atom stereocenters. The molecule has 0 N–H and O–H groups in total. The van der Waals surface area contributed by atoms with Gasteiger partial charge in [-0.2, -0.15) is 0 Å². The average molecular weight is 214 g/mol. The zero-order valence-electron chi connectivity index (χ0n) is 5.14. The van der Waals surface area contributed by atoms with Crippen molar-refractivity contribution in [1.29, 1.82) is 0 Å². The van der Waals surface area contributed by atoms with Gasteiger partial charge >= 0.3 is 0 Å². The predicted molar refractivity (Wildman–Crippen MR) is 41.4 cm³/mol. The third-order valence-corrected chi connectivity index (χ3v) is 2.13. The summed E-state index contributed by atoms with van der Waals surface area (Å²) in [6.45, 7) is 0. The molecule has 0 saturated heterocycles. The van der Waals surface area contributed by atoms with Crippen molar-refractivity contribution in [3.8, 4) is 0 Å². The van der Waals surface area contributed by atoms with Crippen molar-refractivity contribution in [2.24, 2.45) is 0 Å². The molecule has 0 bridgehead atoms. The van der Waals surface area contributed by atoms with Gasteiger partial charge in [0.25, 0.3) is 0 Å². The largest absolute Gasteiger partial charge is 0.772 e. The molecule has 4 heteroatoms. The number of unbranched alkanes of at least 4 members (excludes halogenated alkanes) is 2. The van der Waals surface area contributed by atoms with Crippen LogP contribution in [0.2, 0.25) is 0 Å². The summed E-state index contributed by atoms with van der Waals surface area (Å²) >= 11 is 1.43. The smallest absolute Gasteiger partial charge is 0.0102 e. The maximum absolute atomic E-state index is 9.95. The molecule has 0 aromatic carbocycles. The molecular weight excluding hydrogens is 204 g/mol. The van der Waals surface area contributed by atoms with E-state index in [-0.39, 0.29) is 0 Å². The molecular formula is C5H10BrO2S-. The van der Waals surface area contributed by atoms with Crippen molar-refractivity contribution < 1.29 is 8.76 Å². The molecule has 0 aromatic rings. The van der Waals surface area contributed by atoms with E-state index in [9.17, 15) is 8.76 Å². The molecule has 0 fully saturated rings. The fraction of sp³-hybridized carbons (Fsp3) is 1.00. The second kappa shape index (κ2) is 6.71. The summed E-state index contributed by atoms with van der Waals surface area (Å²) in [7, 11) is 0. The highest BCUT2D eigenvalue weighted by atomic mass is 79.9. The van der Waals surface area contributed by atoms with E-state index >= 15 is 0 Å². The molecule has 0 spiro atoms. The van der Waals surface area contributed by atoms with Gasteiger partial charge < -0.3 is 4.55 Å². The van der Waals surface area contributed by atoms with Gasteiger partial charge in [0.1, 0.15) is 0 Å². The van der Waals surface area contributed by atoms with Crippen molar-refractivity contribution in [3.63, 3.8) is 0 Å². The Labute approximate surface area is 66.4 Å². The second-order valence-corrected chi connectivity index (χ2v) is 3.57. The van der Waals surface area contributed by atoms with Gasteiger partial charge in [0.2, 0.25) is 0 Å². The second-order valence-electron chi connectivity index (χ2n) is 1.76. The lowest BCUT2D eigenvalue weighted by Crippen LogP contribution is -1.94. The van der Waals surface area contributed by atoms with Crippen LogP contribution >= 0.6 is 15.9 Å². The van der Waals surface area contributed by atoms with Gasteiger partial charge in [-0.25, -0.2) is 0 Å². The van der Waals surface area contributed by atoms with Gasteiger partial charge in [0.05, 0.1) is 0 Å². The van der Waals surface area contributed by atoms with Gasteiger partial charge in [0.15, 0.2) is 0 Å². The molecule has 0 amide bonds. The van der Waals surface area contributed by atoms with E-state index in [2.05, 4.69) is 15.9 Å². The third kappa shape index (κ3) is 8.59. The summed E-state index contributed by atoms with van der Waals surface area (Å²) < 4.78 is 19.9. The Morgan fingerprint density at radius 3 is 2.44 bits per heavy atom. The Balaban J connectivity index is 2.83. The molecule has 0 rings (SSSR count). The van der Waals surface area contributed by atoms with E-state index in [1.54, 1.807) is 0 Å². The molecule has 56 valence electrons. The zero-order valence-corrected chi connectivity index (χ0v) is 7.54. The maximum atomic E-state index is 9.95. The Kier molecular flexibility index (Phi) is 7.15. The van der Waals surface area contributed by atoms with E-state index < -0.39 is 11.1 Å². The van der Waals surface area contributed by atoms with Gasteiger partial charge in [0, 0.05) is 11.1 Å². The molecule has 2 nitrogen and oxygen atoms in total. The molecule has 0 aliphatic heterocycles. The molecule has 0 radical (unpaired) electrons. The number of hydrogen-bond acceptors (Lipinski definition) is 2. The Morgan fingerprint density at radius 1 is 1.33 bits per heavy atom. The average Bonchev–Trinajstić information content (AvgIpc) is 1.80. The van der Waals surface area contributed by atoms with E-state index in [1.165, 1.54) is 0 Å². The molecule has 0 heterocycles. The monoisotopic (exact) mass is 213 g/mol. The minimum atomic E-state index is -1.83. The van der Waals surface area contributed by atoms with Gasteiger partial charge in [-0.3, -0.25) is 4.21 Å². The van der Waals surface area contributed by atoms with Crippen LogP contribution in [0.4, 0.5) is 0 Å². The first kappa shape index (κ1) is 9.59. The third-order valence-electron chi connectivity index (χ3n) is 0.945. The number of rotatable bonds is 5. The van der Waals surface area contributed by atoms with Crippen molar-refractivity contribution in [2.45, 2.75) is 19.3 Å². The first-order valence-corrected chi connectivity index (χ1v) is 5.25. The van der Waals surface area contributed by atoms with Gasteiger partial charge in [-0.15, -0.1) is 0 Å². The topological polar surface area (TPSA) is 40.1 Å². The summed E-state index contributed by atoms with van der Waals surface area (Å²) in [5.41, 5.74) is 0. The lowest BCUT2D eigenvalue weighted by molar-refractivity contribution is 0.533. The van der Waals surface area contributed by atoms with Crippen LogP contribution in [0.5, 0.6) is 0 Å². The molecule has 9 heavy (non-hydrogen) atoms. The van der Waals surface area contributed by atoms with Gasteiger partial charge in [-0.1, -0.05) is 33.4 Å². The highest BCUT2D eigenvalue weighted by molar-refractivity contribution is 9.09. The van der Waals surface area contributed by atoms with Gasteiger partial charge in [-0.05, 0) is 12.8 Å². The van der Waals surface area contributed by atoms with Crippen molar-refractivity contribution in [2.75, 3.05) is 11.1 Å². The number of halogens is 1. The summed E-state index contributed by atoms with van der Waals surface area (Å²) in [5, 5.41) is 0.971. The van der Waals surface area contributed by atoms with E-state index in [4.69, 9.17) is 0 Å². The number of alkyl halides is 1. The van der Waals surface area contributed by atoms with Crippen molar-refractivity contribution in [3.05, 3.63) is 0 Å². The van der Waals surface area contributed by atoms with Crippen LogP contribution in [0.15, 0.2) is 0 Å². The Morgan fingerprint density at radius 2 is 2.00 bits per heavy atom. The van der Waals surface area contributed by atoms with Crippen LogP contribution in [0, 0.1) is 0 Å². The summed E-state index contributed by atoms with van der Waals surface area (Å²) in [4.78, 5) is 0. The molecule has 0 aliphatic carbocycles. The lowest BCUT2D eigenvalue weighted by Gasteiger charge is -2.02. The van der Waals surface area contributed by atoms with E-state index in [0.717, 1.165) is 24.6 Å². The minimum absolute atomic E-state index is 0.312. The highest BCUT2D eigenvalue weighted by Crippen LogP contribution is 1.98. The van der Waals surface area contributed by atoms with E-state index in [1.807, 2.05) is 0 Å². The Bertz CT molecular complexity index is 87.0. The van der Waals surface area contributed by atoms with Crippen LogP contribution in [-0.2, 0) is 11.1 Å². The summed E-state index contributed by atoms with van der Waals surface area (Å²) in [6, 6.07) is 0.